The van der Waals surface area contributed by atoms with Gasteiger partial charge in [-0.1, -0.05) is 11.6 Å². The number of benzene rings is 1. The Morgan fingerprint density at radius 3 is 2.74 bits per heavy atom. The molecule has 1 aromatic heterocycles. The quantitative estimate of drug-likeness (QED) is 0.866. The Bertz CT molecular complexity index is 581. The summed E-state index contributed by atoms with van der Waals surface area (Å²) in [5.41, 5.74) is 1.23. The second kappa shape index (κ2) is 6.04. The number of halogens is 1. The van der Waals surface area contributed by atoms with Crippen LogP contribution in [0.5, 0.6) is 0 Å². The van der Waals surface area contributed by atoms with E-state index in [0.717, 1.165) is 10.6 Å². The van der Waals surface area contributed by atoms with Crippen LogP contribution in [0.1, 0.15) is 22.3 Å². The summed E-state index contributed by atoms with van der Waals surface area (Å²) in [6.45, 7) is 3.96. The van der Waals surface area contributed by atoms with Gasteiger partial charge in [-0.2, -0.15) is 0 Å². The molecule has 1 aromatic carbocycles. The minimum atomic E-state index is -0.389. The van der Waals surface area contributed by atoms with Crippen molar-refractivity contribution in [3.8, 4) is 0 Å². The summed E-state index contributed by atoms with van der Waals surface area (Å²) < 4.78 is 4.95. The van der Waals surface area contributed by atoms with Gasteiger partial charge in [0.2, 0.25) is 0 Å². The molecule has 0 amide bonds. The molecule has 4 nitrogen and oxygen atoms in total. The predicted octanol–water partition coefficient (Wildman–Crippen LogP) is 4.03. The molecule has 0 saturated carbocycles. The molecule has 2 rings (SSSR count). The van der Waals surface area contributed by atoms with Crippen molar-refractivity contribution in [2.24, 2.45) is 0 Å². The van der Waals surface area contributed by atoms with Gasteiger partial charge in [-0.3, -0.25) is 0 Å². The molecule has 0 aliphatic rings. The zero-order valence-corrected chi connectivity index (χ0v) is 12.1. The Kier molecular flexibility index (Phi) is 4.39. The van der Waals surface area contributed by atoms with Crippen molar-refractivity contribution in [3.05, 3.63) is 39.9 Å². The van der Waals surface area contributed by atoms with Crippen molar-refractivity contribution in [1.82, 2.24) is 4.98 Å². The van der Waals surface area contributed by atoms with Crippen LogP contribution in [-0.4, -0.2) is 17.6 Å². The highest BCUT2D eigenvalue weighted by atomic mass is 35.5. The van der Waals surface area contributed by atoms with Gasteiger partial charge in [-0.15, -0.1) is 11.3 Å². The first-order chi connectivity index (χ1) is 9.10. The Balaban J connectivity index is 2.16. The molecule has 0 atom stereocenters. The van der Waals surface area contributed by atoms with Crippen molar-refractivity contribution >= 4 is 39.7 Å². The highest BCUT2D eigenvalue weighted by molar-refractivity contribution is 7.15. The molecular weight excluding hydrogens is 284 g/mol. The summed E-state index contributed by atoms with van der Waals surface area (Å²) in [7, 11) is 0. The van der Waals surface area contributed by atoms with Gasteiger partial charge in [-0.05, 0) is 38.1 Å². The van der Waals surface area contributed by atoms with Crippen LogP contribution in [0.3, 0.4) is 0 Å². The van der Waals surface area contributed by atoms with Crippen molar-refractivity contribution in [2.45, 2.75) is 13.8 Å². The van der Waals surface area contributed by atoms with Crippen molar-refractivity contribution in [3.63, 3.8) is 0 Å². The highest BCUT2D eigenvalue weighted by Crippen LogP contribution is 2.26. The average Bonchev–Trinajstić information content (AvgIpc) is 2.74. The van der Waals surface area contributed by atoms with Gasteiger partial charge in [0, 0.05) is 15.6 Å². The second-order valence-corrected chi connectivity index (χ2v) is 5.42. The molecule has 0 aliphatic carbocycles. The average molecular weight is 297 g/mol. The van der Waals surface area contributed by atoms with Crippen LogP contribution in [0.2, 0.25) is 5.02 Å². The van der Waals surface area contributed by atoms with Crippen LogP contribution in [0.4, 0.5) is 10.8 Å². The minimum absolute atomic E-state index is 0.343. The van der Waals surface area contributed by atoms with Crippen molar-refractivity contribution in [1.29, 1.82) is 0 Å². The van der Waals surface area contributed by atoms with Crippen molar-refractivity contribution < 1.29 is 9.53 Å². The lowest BCUT2D eigenvalue weighted by Gasteiger charge is -2.01. The normalized spacial score (nSPS) is 10.3. The van der Waals surface area contributed by atoms with Crippen LogP contribution < -0.4 is 5.32 Å². The third-order valence-corrected chi connectivity index (χ3v) is 3.50. The standard InChI is InChI=1S/C13H13ClN2O2S/c1-3-18-12(17)11-8(2)19-13(16-11)15-10-6-4-9(14)5-7-10/h4-7H,3H2,1-2H3,(H,15,16). The number of hydrogen-bond donors (Lipinski definition) is 1. The van der Waals surface area contributed by atoms with E-state index in [1.54, 1.807) is 19.1 Å². The number of nitrogens with zero attached hydrogens (tertiary/aromatic N) is 1. The lowest BCUT2D eigenvalue weighted by Crippen LogP contribution is -2.06. The summed E-state index contributed by atoms with van der Waals surface area (Å²) in [6.07, 6.45) is 0. The van der Waals surface area contributed by atoms with Crippen LogP contribution in [-0.2, 0) is 4.74 Å². The fraction of sp³-hybridized carbons (Fsp3) is 0.231. The fourth-order valence-electron chi connectivity index (χ4n) is 1.50. The molecule has 6 heteroatoms. The fourth-order valence-corrected chi connectivity index (χ4v) is 2.44. The SMILES string of the molecule is CCOC(=O)c1nc(Nc2ccc(Cl)cc2)sc1C. The Morgan fingerprint density at radius 1 is 1.42 bits per heavy atom. The Labute approximate surface area is 120 Å². The maximum atomic E-state index is 11.7. The molecule has 0 bridgehead atoms. The number of hydrogen-bond acceptors (Lipinski definition) is 5. The van der Waals surface area contributed by atoms with Gasteiger partial charge >= 0.3 is 5.97 Å². The van der Waals surface area contributed by atoms with Crippen LogP contribution in [0, 0.1) is 6.92 Å². The molecule has 0 fully saturated rings. The van der Waals surface area contributed by atoms with Gasteiger partial charge in [0.25, 0.3) is 0 Å². The van der Waals surface area contributed by atoms with Gasteiger partial charge < -0.3 is 10.1 Å². The van der Waals surface area contributed by atoms with E-state index < -0.39 is 0 Å². The topological polar surface area (TPSA) is 51.2 Å². The Hall–Kier alpha value is -1.59. The molecule has 19 heavy (non-hydrogen) atoms. The first kappa shape index (κ1) is 13.8. The zero-order chi connectivity index (χ0) is 13.8. The van der Waals surface area contributed by atoms with Crippen LogP contribution >= 0.6 is 22.9 Å². The van der Waals surface area contributed by atoms with E-state index in [-0.39, 0.29) is 5.97 Å². The number of carbonyl (C=O) groups excluding carboxylic acids is 1. The molecule has 2 aromatic rings. The summed E-state index contributed by atoms with van der Waals surface area (Å²) in [5.74, 6) is -0.389. The van der Waals surface area contributed by atoms with Crippen LogP contribution in [0.15, 0.2) is 24.3 Å². The number of carbonyl (C=O) groups is 1. The molecule has 0 saturated heterocycles. The van der Waals surface area contributed by atoms with E-state index in [0.29, 0.717) is 22.5 Å². The number of thiazole rings is 1. The summed E-state index contributed by atoms with van der Waals surface area (Å²) in [4.78, 5) is 16.7. The van der Waals surface area contributed by atoms with E-state index in [1.165, 1.54) is 11.3 Å². The predicted molar refractivity (Wildman–Crippen MR) is 77.5 cm³/mol. The molecule has 100 valence electrons. The molecular formula is C13H13ClN2O2S. The third kappa shape index (κ3) is 3.45. The number of nitrogens with one attached hydrogen (secondary N) is 1. The molecule has 1 heterocycles. The first-order valence-corrected chi connectivity index (χ1v) is 6.96. The van der Waals surface area contributed by atoms with Gasteiger partial charge in [-0.25, -0.2) is 9.78 Å². The second-order valence-electron chi connectivity index (χ2n) is 3.78. The van der Waals surface area contributed by atoms with E-state index in [2.05, 4.69) is 10.3 Å². The van der Waals surface area contributed by atoms with Gasteiger partial charge in [0.1, 0.15) is 0 Å². The third-order valence-electron chi connectivity index (χ3n) is 2.36. The number of aryl methyl sites for hydroxylation is 1. The number of esters is 1. The minimum Gasteiger partial charge on any atom is -0.461 e. The molecule has 0 spiro atoms. The molecule has 0 radical (unpaired) electrons. The van der Waals surface area contributed by atoms with E-state index in [1.807, 2.05) is 19.1 Å². The number of rotatable bonds is 4. The van der Waals surface area contributed by atoms with Gasteiger partial charge in [0.05, 0.1) is 6.61 Å². The van der Waals surface area contributed by atoms with Gasteiger partial charge in [0.15, 0.2) is 10.8 Å². The van der Waals surface area contributed by atoms with E-state index in [4.69, 9.17) is 16.3 Å². The monoisotopic (exact) mass is 296 g/mol. The van der Waals surface area contributed by atoms with Crippen molar-refractivity contribution in [2.75, 3.05) is 11.9 Å². The summed E-state index contributed by atoms with van der Waals surface area (Å²) in [5, 5.41) is 4.46. The van der Waals surface area contributed by atoms with E-state index >= 15 is 0 Å². The highest BCUT2D eigenvalue weighted by Gasteiger charge is 2.16. The molecule has 1 N–H and O–H groups in total. The first-order valence-electron chi connectivity index (χ1n) is 5.77. The lowest BCUT2D eigenvalue weighted by molar-refractivity contribution is 0.0519. The maximum absolute atomic E-state index is 11.7. The largest absolute Gasteiger partial charge is 0.461 e. The van der Waals surface area contributed by atoms with E-state index in [9.17, 15) is 4.79 Å². The summed E-state index contributed by atoms with van der Waals surface area (Å²) >= 11 is 7.23. The number of ether oxygens (including phenoxy) is 1. The number of aromatic nitrogens is 1. The number of anilines is 2. The summed E-state index contributed by atoms with van der Waals surface area (Å²) in [6, 6.07) is 7.28. The Morgan fingerprint density at radius 2 is 2.11 bits per heavy atom. The lowest BCUT2D eigenvalue weighted by atomic mass is 10.3. The van der Waals surface area contributed by atoms with Crippen LogP contribution in [0.25, 0.3) is 0 Å². The zero-order valence-electron chi connectivity index (χ0n) is 10.6. The smallest absolute Gasteiger partial charge is 0.358 e. The molecule has 0 unspecified atom stereocenters. The molecule has 0 aliphatic heterocycles. The maximum Gasteiger partial charge on any atom is 0.358 e.